The van der Waals surface area contributed by atoms with Crippen LogP contribution in [0.1, 0.15) is 31.2 Å². The summed E-state index contributed by atoms with van der Waals surface area (Å²) in [6.45, 7) is 0. The number of aliphatic imine (C=N–C) groups is 1. The minimum atomic E-state index is -0.322. The van der Waals surface area contributed by atoms with Gasteiger partial charge in [0.05, 0.1) is 10.2 Å². The van der Waals surface area contributed by atoms with Crippen LogP contribution >= 0.6 is 11.5 Å². The number of isocyanates is 1. The lowest BCUT2D eigenvalue weighted by Crippen LogP contribution is -2.18. The van der Waals surface area contributed by atoms with Gasteiger partial charge in [-0.15, -0.1) is 0 Å². The number of aromatic nitrogens is 1. The van der Waals surface area contributed by atoms with E-state index in [0.29, 0.717) is 0 Å². The predicted octanol–water partition coefficient (Wildman–Crippen LogP) is 3.40. The summed E-state index contributed by atoms with van der Waals surface area (Å²) < 4.78 is 5.35. The maximum atomic E-state index is 10.7. The molecule has 1 fully saturated rings. The summed E-state index contributed by atoms with van der Waals surface area (Å²) in [4.78, 5) is 14.7. The molecule has 1 aromatic carbocycles. The van der Waals surface area contributed by atoms with Crippen molar-refractivity contribution in [3.8, 4) is 0 Å². The lowest BCUT2D eigenvalue weighted by Gasteiger charge is -2.22. The second kappa shape index (κ2) is 4.06. The predicted molar refractivity (Wildman–Crippen MR) is 67.9 cm³/mol. The number of hydrogen-bond acceptors (Lipinski definition) is 4. The van der Waals surface area contributed by atoms with Crippen LogP contribution in [0.4, 0.5) is 0 Å². The average Bonchev–Trinajstić information content (AvgIpc) is 2.96. The van der Waals surface area contributed by atoms with E-state index in [1.165, 1.54) is 16.2 Å². The van der Waals surface area contributed by atoms with Crippen LogP contribution in [0.3, 0.4) is 0 Å². The molecule has 2 aromatic rings. The van der Waals surface area contributed by atoms with Crippen LogP contribution in [0.25, 0.3) is 10.1 Å². The smallest absolute Gasteiger partial charge is 0.211 e. The van der Waals surface area contributed by atoms with Gasteiger partial charge in [-0.1, -0.05) is 18.9 Å². The molecular weight excluding hydrogens is 232 g/mol. The van der Waals surface area contributed by atoms with Gasteiger partial charge in [-0.2, -0.15) is 9.37 Å². The molecule has 0 bridgehead atoms. The highest BCUT2D eigenvalue weighted by Gasteiger charge is 2.35. The van der Waals surface area contributed by atoms with Gasteiger partial charge in [0.15, 0.2) is 0 Å². The van der Waals surface area contributed by atoms with E-state index in [1.54, 1.807) is 6.08 Å². The van der Waals surface area contributed by atoms with Gasteiger partial charge in [-0.3, -0.25) is 0 Å². The van der Waals surface area contributed by atoms with Gasteiger partial charge < -0.3 is 0 Å². The van der Waals surface area contributed by atoms with Crippen molar-refractivity contribution < 1.29 is 4.79 Å². The molecule has 0 N–H and O–H groups in total. The maximum Gasteiger partial charge on any atom is 0.235 e. The number of nitrogens with zero attached hydrogens (tertiary/aromatic N) is 2. The zero-order valence-electron chi connectivity index (χ0n) is 9.35. The van der Waals surface area contributed by atoms with Crippen molar-refractivity contribution >= 4 is 27.7 Å². The minimum absolute atomic E-state index is 0.322. The largest absolute Gasteiger partial charge is 0.235 e. The van der Waals surface area contributed by atoms with E-state index in [4.69, 9.17) is 0 Å². The Labute approximate surface area is 103 Å². The Bertz CT molecular complexity index is 592. The third-order valence-corrected chi connectivity index (χ3v) is 4.36. The normalized spacial score (nSPS) is 18.1. The van der Waals surface area contributed by atoms with Crippen LogP contribution in [-0.2, 0) is 10.3 Å². The molecule has 0 spiro atoms. The van der Waals surface area contributed by atoms with Crippen LogP contribution in [0, 0.1) is 0 Å². The second-order valence-electron chi connectivity index (χ2n) is 4.52. The Morgan fingerprint density at radius 3 is 2.94 bits per heavy atom. The molecule has 1 saturated carbocycles. The molecule has 86 valence electrons. The molecule has 0 unspecified atom stereocenters. The Kier molecular flexibility index (Phi) is 2.54. The van der Waals surface area contributed by atoms with E-state index in [1.807, 2.05) is 6.20 Å². The molecule has 1 aliphatic carbocycles. The first kappa shape index (κ1) is 10.6. The fraction of sp³-hybridized carbons (Fsp3) is 0.385. The van der Waals surface area contributed by atoms with Crippen molar-refractivity contribution in [3.05, 3.63) is 30.0 Å². The third-order valence-electron chi connectivity index (χ3n) is 3.58. The van der Waals surface area contributed by atoms with E-state index in [-0.39, 0.29) is 5.54 Å². The Balaban J connectivity index is 2.14. The first-order valence-corrected chi connectivity index (χ1v) is 6.55. The molecule has 0 amide bonds. The number of rotatable bonds is 2. The lowest BCUT2D eigenvalue weighted by atomic mass is 9.88. The van der Waals surface area contributed by atoms with E-state index in [9.17, 15) is 4.79 Å². The molecule has 1 heterocycles. The molecule has 0 atom stereocenters. The number of fused-ring (bicyclic) bond motifs is 1. The number of carbonyl (C=O) groups excluding carboxylic acids is 1. The molecule has 4 heteroatoms. The molecule has 3 rings (SSSR count). The van der Waals surface area contributed by atoms with Crippen molar-refractivity contribution in [2.24, 2.45) is 4.99 Å². The first-order chi connectivity index (χ1) is 8.34. The van der Waals surface area contributed by atoms with E-state index < -0.39 is 0 Å². The van der Waals surface area contributed by atoms with Crippen molar-refractivity contribution in [1.29, 1.82) is 0 Å². The van der Waals surface area contributed by atoms with Crippen LogP contribution in [0.2, 0.25) is 0 Å². The van der Waals surface area contributed by atoms with Crippen molar-refractivity contribution in [1.82, 2.24) is 4.37 Å². The molecule has 17 heavy (non-hydrogen) atoms. The summed E-state index contributed by atoms with van der Waals surface area (Å²) in [5.41, 5.74) is 0.809. The molecule has 0 saturated heterocycles. The molecule has 3 nitrogen and oxygen atoms in total. The number of hydrogen-bond donors (Lipinski definition) is 0. The van der Waals surface area contributed by atoms with Gasteiger partial charge in [-0.25, -0.2) is 4.79 Å². The summed E-state index contributed by atoms with van der Waals surface area (Å²) in [7, 11) is 0. The number of benzene rings is 1. The highest BCUT2D eigenvalue weighted by molar-refractivity contribution is 7.13. The zero-order valence-corrected chi connectivity index (χ0v) is 10.2. The highest BCUT2D eigenvalue weighted by Crippen LogP contribution is 2.42. The van der Waals surface area contributed by atoms with Crippen LogP contribution in [-0.4, -0.2) is 10.5 Å². The molecular formula is C13H12N2OS. The highest BCUT2D eigenvalue weighted by atomic mass is 32.1. The Morgan fingerprint density at radius 1 is 1.35 bits per heavy atom. The third kappa shape index (κ3) is 1.70. The van der Waals surface area contributed by atoms with Gasteiger partial charge in [0, 0.05) is 11.6 Å². The summed E-state index contributed by atoms with van der Waals surface area (Å²) >= 11 is 1.49. The topological polar surface area (TPSA) is 42.3 Å². The van der Waals surface area contributed by atoms with E-state index >= 15 is 0 Å². The summed E-state index contributed by atoms with van der Waals surface area (Å²) in [5.74, 6) is 0. The van der Waals surface area contributed by atoms with Gasteiger partial charge in [0.1, 0.15) is 0 Å². The molecule has 0 aliphatic heterocycles. The molecule has 1 aromatic heterocycles. The summed E-state index contributed by atoms with van der Waals surface area (Å²) in [6, 6.07) is 6.26. The zero-order chi connectivity index (χ0) is 11.7. The monoisotopic (exact) mass is 244 g/mol. The Hall–Kier alpha value is -1.51. The van der Waals surface area contributed by atoms with E-state index in [2.05, 4.69) is 27.6 Å². The fourth-order valence-corrected chi connectivity index (χ4v) is 3.30. The van der Waals surface area contributed by atoms with E-state index in [0.717, 1.165) is 36.6 Å². The van der Waals surface area contributed by atoms with Crippen LogP contribution in [0.5, 0.6) is 0 Å². The second-order valence-corrected chi connectivity index (χ2v) is 5.35. The summed E-state index contributed by atoms with van der Waals surface area (Å²) in [6.07, 6.45) is 7.78. The van der Waals surface area contributed by atoms with Crippen molar-refractivity contribution in [2.75, 3.05) is 0 Å². The molecule has 0 radical (unpaired) electrons. The van der Waals surface area contributed by atoms with Gasteiger partial charge in [-0.05, 0) is 42.1 Å². The fourth-order valence-electron chi connectivity index (χ4n) is 2.67. The van der Waals surface area contributed by atoms with Gasteiger partial charge >= 0.3 is 0 Å². The van der Waals surface area contributed by atoms with Crippen molar-refractivity contribution in [2.45, 2.75) is 31.2 Å². The quantitative estimate of drug-likeness (QED) is 0.600. The van der Waals surface area contributed by atoms with Crippen LogP contribution in [0.15, 0.2) is 29.4 Å². The lowest BCUT2D eigenvalue weighted by molar-refractivity contribution is 0.456. The minimum Gasteiger partial charge on any atom is -0.211 e. The van der Waals surface area contributed by atoms with Gasteiger partial charge in [0.25, 0.3) is 0 Å². The standard InChI is InChI=1S/C13H12N2OS/c16-9-14-13(5-1-2-6-13)11-3-4-12-10(7-11)8-15-17-12/h3-4,7-8H,1-2,5-6H2. The SMILES string of the molecule is O=C=NC1(c2ccc3sncc3c2)CCCC1. The summed E-state index contributed by atoms with van der Waals surface area (Å²) in [5, 5.41) is 1.14. The van der Waals surface area contributed by atoms with Crippen molar-refractivity contribution in [3.63, 3.8) is 0 Å². The van der Waals surface area contributed by atoms with Crippen LogP contribution < -0.4 is 0 Å². The average molecular weight is 244 g/mol. The maximum absolute atomic E-state index is 10.7. The van der Waals surface area contributed by atoms with Gasteiger partial charge in [0.2, 0.25) is 6.08 Å². The molecule has 1 aliphatic rings. The Morgan fingerprint density at radius 2 is 2.18 bits per heavy atom. The first-order valence-electron chi connectivity index (χ1n) is 5.78.